The summed E-state index contributed by atoms with van der Waals surface area (Å²) in [4.78, 5) is 18.1. The quantitative estimate of drug-likeness (QED) is 0.151. The van der Waals surface area contributed by atoms with Gasteiger partial charge in [0.1, 0.15) is 23.1 Å². The van der Waals surface area contributed by atoms with Gasteiger partial charge < -0.3 is 9.47 Å². The highest BCUT2D eigenvalue weighted by molar-refractivity contribution is 7.91. The molecule has 0 N–H and O–H groups in total. The number of aromatic nitrogens is 6. The van der Waals surface area contributed by atoms with E-state index in [9.17, 15) is 8.42 Å². The average Bonchev–Trinajstić information content (AvgIpc) is 3.73. The Bertz CT molecular complexity index is 3040. The van der Waals surface area contributed by atoms with Crippen molar-refractivity contribution < 1.29 is 17.9 Å². The zero-order valence-corrected chi connectivity index (χ0v) is 30.6. The lowest BCUT2D eigenvalue weighted by atomic mass is 10.1. The van der Waals surface area contributed by atoms with Gasteiger partial charge in [-0.1, -0.05) is 48.5 Å². The molecule has 0 amide bonds. The van der Waals surface area contributed by atoms with Crippen molar-refractivity contribution in [1.82, 2.24) is 29.1 Å². The first-order valence-corrected chi connectivity index (χ1v) is 19.7. The first-order chi connectivity index (χ1) is 27.4. The Hall–Kier alpha value is -7.37. The number of sulfone groups is 1. The molecule has 11 heteroatoms. The van der Waals surface area contributed by atoms with E-state index in [4.69, 9.17) is 9.47 Å². The molecule has 10 aromatic rings. The van der Waals surface area contributed by atoms with Gasteiger partial charge >= 0.3 is 0 Å². The van der Waals surface area contributed by atoms with E-state index >= 15 is 0 Å². The van der Waals surface area contributed by atoms with Crippen LogP contribution in [0.4, 0.5) is 0 Å². The van der Waals surface area contributed by atoms with Crippen LogP contribution in [0.15, 0.2) is 169 Å². The van der Waals surface area contributed by atoms with Crippen LogP contribution in [0.2, 0.25) is 0 Å². The highest BCUT2D eigenvalue weighted by Crippen LogP contribution is 2.44. The van der Waals surface area contributed by atoms with Gasteiger partial charge in [0.15, 0.2) is 32.1 Å². The number of hydrogen-bond acceptors (Lipinski definition) is 8. The molecule has 0 atom stereocenters. The molecule has 0 aliphatic rings. The second kappa shape index (κ2) is 13.2. The lowest BCUT2D eigenvalue weighted by molar-refractivity contribution is 0.436. The SMILES string of the molecule is CS(=O)(=O)c1c(Oc2ccc3c4ccccc4n(-c4ccccn4)c3c2)cc(-c2ncccn2)cc1Oc1ccc2c3ccccc3n(-c3ccccn3)c2c1. The van der Waals surface area contributed by atoms with Crippen molar-refractivity contribution in [1.29, 1.82) is 0 Å². The Morgan fingerprint density at radius 3 is 1.38 bits per heavy atom. The summed E-state index contributed by atoms with van der Waals surface area (Å²) < 4.78 is 45.0. The van der Waals surface area contributed by atoms with E-state index in [-0.39, 0.29) is 16.4 Å². The summed E-state index contributed by atoms with van der Waals surface area (Å²) in [6.07, 6.45) is 7.91. The topological polar surface area (TPSA) is 114 Å². The number of ether oxygens (including phenoxy) is 2. The summed E-state index contributed by atoms with van der Waals surface area (Å²) in [6, 6.07) is 44.1. The third kappa shape index (κ3) is 5.69. The van der Waals surface area contributed by atoms with Crippen molar-refractivity contribution in [3.05, 3.63) is 164 Å². The van der Waals surface area contributed by atoms with Crippen molar-refractivity contribution in [2.75, 3.05) is 6.26 Å². The van der Waals surface area contributed by atoms with Gasteiger partial charge in [-0.25, -0.2) is 28.4 Å². The van der Waals surface area contributed by atoms with Crippen LogP contribution in [0.25, 0.3) is 66.6 Å². The van der Waals surface area contributed by atoms with Crippen molar-refractivity contribution in [3.8, 4) is 46.0 Å². The molecule has 5 heterocycles. The molecule has 0 radical (unpaired) electrons. The van der Waals surface area contributed by atoms with Crippen LogP contribution in [0.3, 0.4) is 0 Å². The minimum absolute atomic E-state index is 0.0657. The van der Waals surface area contributed by atoms with Gasteiger partial charge in [-0.3, -0.25) is 9.13 Å². The fraction of sp³-hybridized carbons (Fsp3) is 0.0222. The van der Waals surface area contributed by atoms with E-state index in [2.05, 4.69) is 41.2 Å². The predicted octanol–water partition coefficient (Wildman–Crippen LogP) is 10.1. The van der Waals surface area contributed by atoms with Crippen molar-refractivity contribution in [2.24, 2.45) is 0 Å². The lowest BCUT2D eigenvalue weighted by Crippen LogP contribution is -2.05. The summed E-state index contributed by atoms with van der Waals surface area (Å²) in [5.74, 6) is 2.82. The molecular formula is C45H30N6O4S. The molecule has 10 nitrogen and oxygen atoms in total. The number of benzene rings is 5. The third-order valence-electron chi connectivity index (χ3n) is 9.72. The van der Waals surface area contributed by atoms with Crippen molar-refractivity contribution >= 4 is 53.4 Å². The largest absolute Gasteiger partial charge is 0.456 e. The second-order valence-corrected chi connectivity index (χ2v) is 15.2. The Labute approximate surface area is 320 Å². The zero-order valence-electron chi connectivity index (χ0n) is 29.8. The first-order valence-electron chi connectivity index (χ1n) is 17.8. The number of nitrogens with zero attached hydrogens (tertiary/aromatic N) is 6. The molecule has 0 aliphatic carbocycles. The summed E-state index contributed by atoms with van der Waals surface area (Å²) in [5, 5.41) is 4.09. The molecule has 5 aromatic carbocycles. The summed E-state index contributed by atoms with van der Waals surface area (Å²) in [6.45, 7) is 0. The standard InChI is InChI=1S/C45H30N6O4S/c1-56(52,53)44-40(54-30-17-19-34-32-11-2-4-13-36(32)50(38(34)27-30)42-15-6-8-21-46-42)25-29(45-48-23-10-24-49-45)26-41(44)55-31-18-20-35-33-12-3-5-14-37(33)51(39(35)28-31)43-16-7-9-22-47-43/h2-28H,1H3. The summed E-state index contributed by atoms with van der Waals surface area (Å²) >= 11 is 0. The average molecular weight is 751 g/mol. The molecule has 0 bridgehead atoms. The Kier molecular flexibility index (Phi) is 7.82. The third-order valence-corrected chi connectivity index (χ3v) is 10.9. The van der Waals surface area contributed by atoms with Gasteiger partial charge in [-0.05, 0) is 78.9 Å². The van der Waals surface area contributed by atoms with Gasteiger partial charge in [0.25, 0.3) is 0 Å². The van der Waals surface area contributed by atoms with Crippen LogP contribution in [0.5, 0.6) is 23.0 Å². The summed E-state index contributed by atoms with van der Waals surface area (Å²) in [7, 11) is -3.95. The molecule has 0 saturated heterocycles. The molecule has 0 unspecified atom stereocenters. The molecule has 0 spiro atoms. The van der Waals surface area contributed by atoms with Crippen LogP contribution < -0.4 is 9.47 Å². The maximum atomic E-state index is 13.8. The Morgan fingerprint density at radius 1 is 0.464 bits per heavy atom. The van der Waals surface area contributed by atoms with E-state index in [1.165, 1.54) is 0 Å². The van der Waals surface area contributed by atoms with Crippen LogP contribution in [0.1, 0.15) is 0 Å². The molecular weight excluding hydrogens is 721 g/mol. The molecule has 0 saturated carbocycles. The molecule has 56 heavy (non-hydrogen) atoms. The maximum absolute atomic E-state index is 13.8. The van der Waals surface area contributed by atoms with Gasteiger partial charge in [0.2, 0.25) is 0 Å². The smallest absolute Gasteiger partial charge is 0.182 e. The number of rotatable bonds is 8. The molecule has 10 rings (SSSR count). The summed E-state index contributed by atoms with van der Waals surface area (Å²) in [5.41, 5.74) is 4.16. The van der Waals surface area contributed by atoms with Gasteiger partial charge in [-0.15, -0.1) is 0 Å². The van der Waals surface area contributed by atoms with Crippen LogP contribution in [-0.4, -0.2) is 43.7 Å². The molecule has 5 aromatic heterocycles. The fourth-order valence-corrected chi connectivity index (χ4v) is 8.35. The predicted molar refractivity (Wildman–Crippen MR) is 218 cm³/mol. The fourth-order valence-electron chi connectivity index (χ4n) is 7.42. The van der Waals surface area contributed by atoms with E-state index in [0.717, 1.165) is 61.5 Å². The first kappa shape index (κ1) is 33.2. The zero-order chi connectivity index (χ0) is 37.8. The lowest BCUT2D eigenvalue weighted by Gasteiger charge is -2.17. The Morgan fingerprint density at radius 2 is 0.911 bits per heavy atom. The molecule has 0 fully saturated rings. The molecule has 0 aliphatic heterocycles. The van der Waals surface area contributed by atoms with Crippen molar-refractivity contribution in [2.45, 2.75) is 4.90 Å². The Balaban J connectivity index is 1.15. The van der Waals surface area contributed by atoms with Crippen LogP contribution in [-0.2, 0) is 9.84 Å². The van der Waals surface area contributed by atoms with Gasteiger partial charge in [0, 0.05) is 70.3 Å². The van der Waals surface area contributed by atoms with E-state index < -0.39 is 9.84 Å². The van der Waals surface area contributed by atoms with E-state index in [1.807, 2.05) is 109 Å². The minimum atomic E-state index is -3.95. The maximum Gasteiger partial charge on any atom is 0.182 e. The highest BCUT2D eigenvalue weighted by Gasteiger charge is 2.26. The monoisotopic (exact) mass is 750 g/mol. The second-order valence-electron chi connectivity index (χ2n) is 13.3. The van der Waals surface area contributed by atoms with Gasteiger partial charge in [-0.2, -0.15) is 0 Å². The van der Waals surface area contributed by atoms with E-state index in [1.54, 1.807) is 43.0 Å². The van der Waals surface area contributed by atoms with E-state index in [0.29, 0.717) is 22.9 Å². The number of para-hydroxylation sites is 2. The van der Waals surface area contributed by atoms with Gasteiger partial charge in [0.05, 0.1) is 22.1 Å². The number of fused-ring (bicyclic) bond motifs is 6. The molecule has 270 valence electrons. The van der Waals surface area contributed by atoms with Crippen molar-refractivity contribution in [3.63, 3.8) is 0 Å². The number of hydrogen-bond donors (Lipinski definition) is 0. The van der Waals surface area contributed by atoms with Crippen LogP contribution >= 0.6 is 0 Å². The highest BCUT2D eigenvalue weighted by atomic mass is 32.2. The van der Waals surface area contributed by atoms with Crippen LogP contribution in [0, 0.1) is 0 Å². The minimum Gasteiger partial charge on any atom is -0.456 e. The normalized spacial score (nSPS) is 11.8. The number of pyridine rings is 2.